The van der Waals surface area contributed by atoms with E-state index >= 15 is 0 Å². The molecule has 0 unspecified atom stereocenters. The number of benzene rings is 1. The topological polar surface area (TPSA) is 76.9 Å². The average Bonchev–Trinajstić information content (AvgIpc) is 3.06. The lowest BCUT2D eigenvalue weighted by Crippen LogP contribution is -2.29. The summed E-state index contributed by atoms with van der Waals surface area (Å²) < 4.78 is 14.1. The highest BCUT2D eigenvalue weighted by Crippen LogP contribution is 2.26. The van der Waals surface area contributed by atoms with Crippen molar-refractivity contribution in [2.24, 2.45) is 0 Å². The third kappa shape index (κ3) is 4.65. The van der Waals surface area contributed by atoms with Gasteiger partial charge in [-0.3, -0.25) is 9.59 Å². The van der Waals surface area contributed by atoms with Gasteiger partial charge in [-0.15, -0.1) is 11.3 Å². The number of carbonyl (C=O) groups is 1. The molecule has 0 atom stereocenters. The van der Waals surface area contributed by atoms with Crippen LogP contribution < -0.4 is 10.9 Å². The predicted octanol–water partition coefficient (Wildman–Crippen LogP) is 3.44. The number of hydrogen-bond donors (Lipinski definition) is 1. The molecule has 2 aromatic heterocycles. The average molecular weight is 386 g/mol. The molecule has 0 saturated heterocycles. The van der Waals surface area contributed by atoms with Gasteiger partial charge < -0.3 is 5.32 Å². The Morgan fingerprint density at radius 3 is 2.52 bits per heavy atom. The van der Waals surface area contributed by atoms with Crippen LogP contribution in [-0.2, 0) is 16.8 Å². The molecular weight excluding hydrogens is 367 g/mol. The summed E-state index contributed by atoms with van der Waals surface area (Å²) in [5.41, 5.74) is 1.51. The number of thiazole rings is 1. The SMILES string of the molecule is CC(C)(C)c1csc(NC(=O)Cn2nc(-c3ccc(F)cc3)ccc2=O)n1. The number of nitrogens with zero attached hydrogens (tertiary/aromatic N) is 3. The Balaban J connectivity index is 1.75. The first-order chi connectivity index (χ1) is 12.7. The molecule has 27 heavy (non-hydrogen) atoms. The number of hydrogen-bond acceptors (Lipinski definition) is 5. The van der Waals surface area contributed by atoms with Crippen LogP contribution in [0.3, 0.4) is 0 Å². The second-order valence-electron chi connectivity index (χ2n) is 7.06. The Kier molecular flexibility index (Phi) is 5.18. The van der Waals surface area contributed by atoms with Gasteiger partial charge in [0.2, 0.25) is 5.91 Å². The minimum Gasteiger partial charge on any atom is -0.300 e. The van der Waals surface area contributed by atoms with Crippen molar-refractivity contribution in [1.29, 1.82) is 0 Å². The number of aromatic nitrogens is 3. The van der Waals surface area contributed by atoms with Gasteiger partial charge in [-0.2, -0.15) is 5.10 Å². The highest BCUT2D eigenvalue weighted by atomic mass is 32.1. The summed E-state index contributed by atoms with van der Waals surface area (Å²) in [7, 11) is 0. The van der Waals surface area contributed by atoms with Crippen LogP contribution in [0.25, 0.3) is 11.3 Å². The molecule has 1 N–H and O–H groups in total. The zero-order valence-electron chi connectivity index (χ0n) is 15.2. The molecule has 3 rings (SSSR count). The molecule has 0 aliphatic rings. The predicted molar refractivity (Wildman–Crippen MR) is 103 cm³/mol. The van der Waals surface area contributed by atoms with Crippen LogP contribution in [0.2, 0.25) is 0 Å². The fourth-order valence-corrected chi connectivity index (χ4v) is 3.26. The zero-order chi connectivity index (χ0) is 19.6. The molecule has 3 aromatic rings. The molecule has 0 radical (unpaired) electrons. The van der Waals surface area contributed by atoms with E-state index in [1.54, 1.807) is 18.2 Å². The molecule has 8 heteroatoms. The van der Waals surface area contributed by atoms with Crippen molar-refractivity contribution >= 4 is 22.4 Å². The Labute approximate surface area is 159 Å². The number of carbonyl (C=O) groups excluding carboxylic acids is 1. The zero-order valence-corrected chi connectivity index (χ0v) is 16.0. The summed E-state index contributed by atoms with van der Waals surface area (Å²) in [5.74, 6) is -0.750. The third-order valence-corrected chi connectivity index (χ3v) is 4.58. The number of nitrogens with one attached hydrogen (secondary N) is 1. The van der Waals surface area contributed by atoms with E-state index < -0.39 is 11.5 Å². The molecule has 140 valence electrons. The van der Waals surface area contributed by atoms with E-state index in [1.807, 2.05) is 26.2 Å². The lowest BCUT2D eigenvalue weighted by atomic mass is 9.93. The molecular formula is C19H19FN4O2S. The monoisotopic (exact) mass is 386 g/mol. The maximum atomic E-state index is 13.1. The van der Waals surface area contributed by atoms with Crippen molar-refractivity contribution in [3.05, 3.63) is 63.6 Å². The van der Waals surface area contributed by atoms with Gasteiger partial charge in [0, 0.05) is 22.4 Å². The number of halogens is 1. The molecule has 0 aliphatic carbocycles. The van der Waals surface area contributed by atoms with Crippen molar-refractivity contribution in [3.8, 4) is 11.3 Å². The van der Waals surface area contributed by atoms with Crippen molar-refractivity contribution in [2.75, 3.05) is 5.32 Å². The smallest absolute Gasteiger partial charge is 0.267 e. The molecule has 0 fully saturated rings. The first-order valence-electron chi connectivity index (χ1n) is 8.32. The molecule has 0 bridgehead atoms. The second-order valence-corrected chi connectivity index (χ2v) is 7.92. The third-order valence-electron chi connectivity index (χ3n) is 3.82. The van der Waals surface area contributed by atoms with Gasteiger partial charge in [-0.05, 0) is 30.3 Å². The van der Waals surface area contributed by atoms with Gasteiger partial charge in [0.1, 0.15) is 12.4 Å². The lowest BCUT2D eigenvalue weighted by Gasteiger charge is -2.14. The molecule has 6 nitrogen and oxygen atoms in total. The van der Waals surface area contributed by atoms with Crippen LogP contribution in [0.15, 0.2) is 46.6 Å². The van der Waals surface area contributed by atoms with E-state index in [9.17, 15) is 14.0 Å². The maximum Gasteiger partial charge on any atom is 0.267 e. The highest BCUT2D eigenvalue weighted by molar-refractivity contribution is 7.13. The van der Waals surface area contributed by atoms with Gasteiger partial charge in [0.05, 0.1) is 11.4 Å². The summed E-state index contributed by atoms with van der Waals surface area (Å²) >= 11 is 1.33. The molecule has 1 amide bonds. The Hall–Kier alpha value is -2.87. The largest absolute Gasteiger partial charge is 0.300 e. The normalized spacial score (nSPS) is 11.4. The van der Waals surface area contributed by atoms with Crippen LogP contribution >= 0.6 is 11.3 Å². The van der Waals surface area contributed by atoms with Crippen molar-refractivity contribution in [3.63, 3.8) is 0 Å². The Morgan fingerprint density at radius 2 is 1.89 bits per heavy atom. The first kappa shape index (κ1) is 18.9. The van der Waals surface area contributed by atoms with E-state index in [0.717, 1.165) is 10.4 Å². The first-order valence-corrected chi connectivity index (χ1v) is 9.20. The molecule has 2 heterocycles. The van der Waals surface area contributed by atoms with Crippen LogP contribution in [-0.4, -0.2) is 20.7 Å². The fourth-order valence-electron chi connectivity index (χ4n) is 2.31. The Morgan fingerprint density at radius 1 is 1.19 bits per heavy atom. The number of anilines is 1. The molecule has 0 aliphatic heterocycles. The van der Waals surface area contributed by atoms with Gasteiger partial charge in [-0.25, -0.2) is 14.1 Å². The van der Waals surface area contributed by atoms with Crippen LogP contribution in [0.4, 0.5) is 9.52 Å². The van der Waals surface area contributed by atoms with Gasteiger partial charge in [0.15, 0.2) is 5.13 Å². The number of rotatable bonds is 4. The molecule has 1 aromatic carbocycles. The van der Waals surface area contributed by atoms with Gasteiger partial charge in [0.25, 0.3) is 5.56 Å². The molecule has 0 saturated carbocycles. The lowest BCUT2D eigenvalue weighted by molar-refractivity contribution is -0.117. The minimum atomic E-state index is -0.398. The second kappa shape index (κ2) is 7.40. The van der Waals surface area contributed by atoms with E-state index in [0.29, 0.717) is 16.4 Å². The van der Waals surface area contributed by atoms with Crippen molar-refractivity contribution in [2.45, 2.75) is 32.7 Å². The minimum absolute atomic E-state index is 0.110. The summed E-state index contributed by atoms with van der Waals surface area (Å²) in [6.07, 6.45) is 0. The van der Waals surface area contributed by atoms with Crippen molar-refractivity contribution in [1.82, 2.24) is 14.8 Å². The maximum absolute atomic E-state index is 13.1. The Bertz CT molecular complexity index is 1020. The summed E-state index contributed by atoms with van der Waals surface area (Å²) in [6, 6.07) is 8.63. The summed E-state index contributed by atoms with van der Waals surface area (Å²) in [5, 5.41) is 9.28. The summed E-state index contributed by atoms with van der Waals surface area (Å²) in [4.78, 5) is 28.7. The van der Waals surface area contributed by atoms with Gasteiger partial charge >= 0.3 is 0 Å². The van der Waals surface area contributed by atoms with Crippen LogP contribution in [0.5, 0.6) is 0 Å². The van der Waals surface area contributed by atoms with Crippen LogP contribution in [0, 0.1) is 5.82 Å². The molecule has 0 spiro atoms. The standard InChI is InChI=1S/C19H19FN4O2S/c1-19(2,3)15-11-27-18(21-15)22-16(25)10-24-17(26)9-8-14(23-24)12-4-6-13(20)7-5-12/h4-9,11H,10H2,1-3H3,(H,21,22,25). The summed E-state index contributed by atoms with van der Waals surface area (Å²) in [6.45, 7) is 5.88. The van der Waals surface area contributed by atoms with E-state index in [2.05, 4.69) is 15.4 Å². The van der Waals surface area contributed by atoms with E-state index in [4.69, 9.17) is 0 Å². The van der Waals surface area contributed by atoms with E-state index in [1.165, 1.54) is 29.5 Å². The quantitative estimate of drug-likeness (QED) is 0.745. The van der Waals surface area contributed by atoms with Crippen LogP contribution in [0.1, 0.15) is 26.5 Å². The fraction of sp³-hybridized carbons (Fsp3) is 0.263. The number of amides is 1. The highest BCUT2D eigenvalue weighted by Gasteiger charge is 2.18. The van der Waals surface area contributed by atoms with Crippen molar-refractivity contribution < 1.29 is 9.18 Å². The van der Waals surface area contributed by atoms with Gasteiger partial charge in [-0.1, -0.05) is 20.8 Å². The van der Waals surface area contributed by atoms with E-state index in [-0.39, 0.29) is 17.8 Å².